The van der Waals surface area contributed by atoms with E-state index >= 15 is 0 Å². The minimum atomic E-state index is -1.16. The van der Waals surface area contributed by atoms with Gasteiger partial charge in [0.15, 0.2) is 0 Å². The molecule has 0 aliphatic carbocycles. The lowest BCUT2D eigenvalue weighted by Gasteiger charge is -2.05. The molecular weight excluding hydrogens is 330 g/mol. The standard InChI is InChI=1S/C16H13N3O6/c1-25-14-6-5-10(7-13(14)16(21)22)9-17-18-15(20)11-3-2-4-12(8-11)19(23)24/h2-9H,1H3,(H,18,20)(H,21,22)/b17-9-. The van der Waals surface area contributed by atoms with E-state index in [2.05, 4.69) is 10.5 Å². The van der Waals surface area contributed by atoms with E-state index in [1.807, 2.05) is 0 Å². The number of carbonyl (C=O) groups excluding carboxylic acids is 1. The topological polar surface area (TPSA) is 131 Å². The number of ether oxygens (including phenoxy) is 1. The number of hydrogen-bond donors (Lipinski definition) is 2. The number of aromatic carboxylic acids is 1. The van der Waals surface area contributed by atoms with Crippen LogP contribution >= 0.6 is 0 Å². The van der Waals surface area contributed by atoms with Crippen LogP contribution in [0.1, 0.15) is 26.3 Å². The average molecular weight is 343 g/mol. The van der Waals surface area contributed by atoms with E-state index in [0.717, 1.165) is 6.07 Å². The van der Waals surface area contributed by atoms with E-state index in [1.165, 1.54) is 43.7 Å². The number of carboxylic acid groups (broad SMARTS) is 1. The summed E-state index contributed by atoms with van der Waals surface area (Å²) in [5, 5.41) is 23.5. The molecule has 0 fully saturated rings. The maximum atomic E-state index is 11.9. The van der Waals surface area contributed by atoms with E-state index in [1.54, 1.807) is 6.07 Å². The van der Waals surface area contributed by atoms with Crippen LogP contribution in [0, 0.1) is 10.1 Å². The smallest absolute Gasteiger partial charge is 0.339 e. The molecular formula is C16H13N3O6. The maximum Gasteiger partial charge on any atom is 0.339 e. The number of nitro groups is 1. The second kappa shape index (κ2) is 7.68. The van der Waals surface area contributed by atoms with Gasteiger partial charge in [0.1, 0.15) is 11.3 Å². The number of hydrazone groups is 1. The first-order valence-electron chi connectivity index (χ1n) is 6.91. The number of methoxy groups -OCH3 is 1. The molecule has 0 atom stereocenters. The summed E-state index contributed by atoms with van der Waals surface area (Å²) in [5.41, 5.74) is 2.47. The molecule has 9 nitrogen and oxygen atoms in total. The van der Waals surface area contributed by atoms with Crippen LogP contribution in [0.3, 0.4) is 0 Å². The third-order valence-corrected chi connectivity index (χ3v) is 3.15. The van der Waals surface area contributed by atoms with Crippen molar-refractivity contribution >= 4 is 23.8 Å². The van der Waals surface area contributed by atoms with Gasteiger partial charge in [0, 0.05) is 17.7 Å². The number of carbonyl (C=O) groups is 2. The number of rotatable bonds is 6. The van der Waals surface area contributed by atoms with Gasteiger partial charge in [-0.2, -0.15) is 5.10 Å². The molecule has 9 heteroatoms. The van der Waals surface area contributed by atoms with Crippen molar-refractivity contribution in [2.75, 3.05) is 7.11 Å². The van der Waals surface area contributed by atoms with Crippen LogP contribution < -0.4 is 10.2 Å². The van der Waals surface area contributed by atoms with Gasteiger partial charge in [0.2, 0.25) is 0 Å². The summed E-state index contributed by atoms with van der Waals surface area (Å²) in [5.74, 6) is -1.59. The third kappa shape index (κ3) is 4.38. The highest BCUT2D eigenvalue weighted by Crippen LogP contribution is 2.19. The Balaban J connectivity index is 2.11. The van der Waals surface area contributed by atoms with Crippen molar-refractivity contribution in [2.24, 2.45) is 5.10 Å². The molecule has 0 saturated heterocycles. The first kappa shape index (κ1) is 17.6. The van der Waals surface area contributed by atoms with Crippen molar-refractivity contribution < 1.29 is 24.4 Å². The summed E-state index contributed by atoms with van der Waals surface area (Å²) in [7, 11) is 1.36. The van der Waals surface area contributed by atoms with Crippen molar-refractivity contribution in [3.63, 3.8) is 0 Å². The van der Waals surface area contributed by atoms with Crippen LogP contribution in [0.15, 0.2) is 47.6 Å². The highest BCUT2D eigenvalue weighted by molar-refractivity contribution is 5.96. The molecule has 0 spiro atoms. The molecule has 2 aromatic carbocycles. The number of nitrogens with zero attached hydrogens (tertiary/aromatic N) is 2. The van der Waals surface area contributed by atoms with E-state index in [-0.39, 0.29) is 22.6 Å². The highest BCUT2D eigenvalue weighted by Gasteiger charge is 2.12. The number of nitro benzene ring substituents is 1. The zero-order valence-corrected chi connectivity index (χ0v) is 13.0. The van der Waals surface area contributed by atoms with Crippen LogP contribution in [0.4, 0.5) is 5.69 Å². The van der Waals surface area contributed by atoms with E-state index in [9.17, 15) is 19.7 Å². The maximum absolute atomic E-state index is 11.9. The summed E-state index contributed by atoms with van der Waals surface area (Å²) in [6.45, 7) is 0. The van der Waals surface area contributed by atoms with Gasteiger partial charge in [-0.1, -0.05) is 6.07 Å². The lowest BCUT2D eigenvalue weighted by atomic mass is 10.1. The Bertz CT molecular complexity index is 863. The second-order valence-corrected chi connectivity index (χ2v) is 4.77. The molecule has 2 N–H and O–H groups in total. The van der Waals surface area contributed by atoms with Crippen molar-refractivity contribution in [3.8, 4) is 5.75 Å². The molecule has 0 saturated carbocycles. The van der Waals surface area contributed by atoms with Gasteiger partial charge < -0.3 is 9.84 Å². The van der Waals surface area contributed by atoms with Gasteiger partial charge in [-0.25, -0.2) is 10.2 Å². The number of amides is 1. The van der Waals surface area contributed by atoms with Crippen molar-refractivity contribution in [2.45, 2.75) is 0 Å². The SMILES string of the molecule is COc1ccc(/C=N\NC(=O)c2cccc([N+](=O)[O-])c2)cc1C(=O)O. The average Bonchev–Trinajstić information content (AvgIpc) is 2.61. The molecule has 1 amide bonds. The van der Waals surface area contributed by atoms with Gasteiger partial charge in [-0.05, 0) is 29.8 Å². The lowest BCUT2D eigenvalue weighted by Crippen LogP contribution is -2.17. The molecule has 0 unspecified atom stereocenters. The van der Waals surface area contributed by atoms with Crippen LogP contribution in [0.2, 0.25) is 0 Å². The third-order valence-electron chi connectivity index (χ3n) is 3.15. The number of carboxylic acids is 1. The van der Waals surface area contributed by atoms with Crippen molar-refractivity contribution in [1.29, 1.82) is 0 Å². The largest absolute Gasteiger partial charge is 0.496 e. The molecule has 0 aliphatic heterocycles. The summed E-state index contributed by atoms with van der Waals surface area (Å²) in [6, 6.07) is 9.56. The predicted octanol–water partition coefficient (Wildman–Crippen LogP) is 2.07. The highest BCUT2D eigenvalue weighted by atomic mass is 16.6. The van der Waals surface area contributed by atoms with Gasteiger partial charge >= 0.3 is 5.97 Å². The summed E-state index contributed by atoms with van der Waals surface area (Å²) in [6.07, 6.45) is 1.25. The molecule has 128 valence electrons. The zero-order valence-electron chi connectivity index (χ0n) is 13.0. The summed E-state index contributed by atoms with van der Waals surface area (Å²) < 4.78 is 4.94. The van der Waals surface area contributed by atoms with Crippen LogP contribution in [0.5, 0.6) is 5.75 Å². The Labute approximate surface area is 141 Å². The number of benzene rings is 2. The summed E-state index contributed by atoms with van der Waals surface area (Å²) >= 11 is 0. The Morgan fingerprint density at radius 1 is 1.28 bits per heavy atom. The molecule has 0 radical (unpaired) electrons. The van der Waals surface area contributed by atoms with Crippen LogP contribution in [-0.2, 0) is 0 Å². The van der Waals surface area contributed by atoms with Crippen molar-refractivity contribution in [3.05, 3.63) is 69.3 Å². The van der Waals surface area contributed by atoms with Gasteiger partial charge in [-0.15, -0.1) is 0 Å². The minimum absolute atomic E-state index is 0.0449. The van der Waals surface area contributed by atoms with E-state index in [0.29, 0.717) is 5.56 Å². The molecule has 0 heterocycles. The minimum Gasteiger partial charge on any atom is -0.496 e. The lowest BCUT2D eigenvalue weighted by molar-refractivity contribution is -0.384. The molecule has 0 aromatic heterocycles. The number of hydrogen-bond acceptors (Lipinski definition) is 6. The normalized spacial score (nSPS) is 10.4. The Morgan fingerprint density at radius 2 is 2.04 bits per heavy atom. The second-order valence-electron chi connectivity index (χ2n) is 4.77. The van der Waals surface area contributed by atoms with Crippen LogP contribution in [0.25, 0.3) is 0 Å². The Kier molecular flexibility index (Phi) is 5.41. The molecule has 0 bridgehead atoms. The van der Waals surface area contributed by atoms with E-state index in [4.69, 9.17) is 9.84 Å². The quantitative estimate of drug-likeness (QED) is 0.469. The van der Waals surface area contributed by atoms with Gasteiger partial charge in [-0.3, -0.25) is 14.9 Å². The fourth-order valence-corrected chi connectivity index (χ4v) is 1.96. The summed E-state index contributed by atoms with van der Waals surface area (Å²) in [4.78, 5) is 33.2. The fourth-order valence-electron chi connectivity index (χ4n) is 1.96. The van der Waals surface area contributed by atoms with Gasteiger partial charge in [0.25, 0.3) is 11.6 Å². The fraction of sp³-hybridized carbons (Fsp3) is 0.0625. The number of non-ortho nitro benzene ring substituents is 1. The first-order valence-corrected chi connectivity index (χ1v) is 6.91. The number of nitrogens with one attached hydrogen (secondary N) is 1. The Hall–Kier alpha value is -3.75. The molecule has 2 aromatic rings. The Morgan fingerprint density at radius 3 is 2.68 bits per heavy atom. The molecule has 2 rings (SSSR count). The van der Waals surface area contributed by atoms with E-state index < -0.39 is 16.8 Å². The zero-order chi connectivity index (χ0) is 18.4. The first-order chi connectivity index (χ1) is 11.9. The van der Waals surface area contributed by atoms with Gasteiger partial charge in [0.05, 0.1) is 18.2 Å². The van der Waals surface area contributed by atoms with Crippen LogP contribution in [-0.4, -0.2) is 35.2 Å². The monoisotopic (exact) mass is 343 g/mol. The predicted molar refractivity (Wildman–Crippen MR) is 88.1 cm³/mol. The molecule has 25 heavy (non-hydrogen) atoms. The molecule has 0 aliphatic rings. The van der Waals surface area contributed by atoms with Crippen molar-refractivity contribution in [1.82, 2.24) is 5.43 Å².